The summed E-state index contributed by atoms with van der Waals surface area (Å²) < 4.78 is 2.77. The van der Waals surface area contributed by atoms with Gasteiger partial charge in [-0.1, -0.05) is 53.0 Å². The van der Waals surface area contributed by atoms with Gasteiger partial charge in [0.2, 0.25) is 11.0 Å². The predicted molar refractivity (Wildman–Crippen MR) is 108 cm³/mol. The molecule has 0 fully saturated rings. The molecule has 1 amide bonds. The monoisotopic (exact) mass is 410 g/mol. The van der Waals surface area contributed by atoms with Crippen molar-refractivity contribution in [1.29, 1.82) is 0 Å². The fourth-order valence-electron chi connectivity index (χ4n) is 2.93. The predicted octanol–water partition coefficient (Wildman–Crippen LogP) is 2.83. The van der Waals surface area contributed by atoms with Crippen LogP contribution >= 0.6 is 34.9 Å². The van der Waals surface area contributed by atoms with Gasteiger partial charge in [-0.25, -0.2) is 9.98 Å². The summed E-state index contributed by atoms with van der Waals surface area (Å²) in [5.41, 5.74) is 4.26. The molecule has 2 aromatic carbocycles. The number of para-hydroxylation sites is 2. The lowest BCUT2D eigenvalue weighted by Crippen LogP contribution is -2.22. The number of rotatable bonds is 3. The molecule has 0 saturated heterocycles. The van der Waals surface area contributed by atoms with Gasteiger partial charge in [0.1, 0.15) is 4.88 Å². The zero-order valence-corrected chi connectivity index (χ0v) is 16.0. The molecule has 0 bridgehead atoms. The largest absolute Gasteiger partial charge is 0.492 e. The summed E-state index contributed by atoms with van der Waals surface area (Å²) in [6.45, 7) is 0. The number of fused-ring (bicyclic) bond motifs is 2. The van der Waals surface area contributed by atoms with Crippen LogP contribution in [0.5, 0.6) is 5.88 Å². The maximum atomic E-state index is 12.4. The van der Waals surface area contributed by atoms with Crippen LogP contribution in [0.2, 0.25) is 0 Å². The van der Waals surface area contributed by atoms with E-state index < -0.39 is 0 Å². The molecule has 2 N–H and O–H groups in total. The molecular weight excluding hydrogens is 400 g/mol. The molecule has 3 heterocycles. The minimum absolute atomic E-state index is 0.125. The van der Waals surface area contributed by atoms with E-state index in [2.05, 4.69) is 15.4 Å². The standard InChI is InChI=1S/C18H10N4O2S3/c23-15-13(9-5-1-2-6-10(9)19-15)14-16(24)22(18(25)27-14)21-17-20-11-7-3-4-8-12(11)26-17/h1-8,24H,(H,20,21). The maximum Gasteiger partial charge on any atom is 0.279 e. The van der Waals surface area contributed by atoms with Crippen LogP contribution < -0.4 is 16.0 Å². The van der Waals surface area contributed by atoms with Crippen LogP contribution in [0.1, 0.15) is 4.88 Å². The Morgan fingerprint density at radius 1 is 1.07 bits per heavy atom. The van der Waals surface area contributed by atoms with Crippen molar-refractivity contribution in [2.45, 2.75) is 0 Å². The highest BCUT2D eigenvalue weighted by Crippen LogP contribution is 2.33. The number of carbonyl (C=O) groups excluding carboxylic acids is 1. The van der Waals surface area contributed by atoms with Crippen molar-refractivity contribution in [3.8, 4) is 5.88 Å². The van der Waals surface area contributed by atoms with E-state index >= 15 is 0 Å². The molecule has 9 heteroatoms. The zero-order valence-electron chi connectivity index (χ0n) is 13.5. The van der Waals surface area contributed by atoms with Crippen molar-refractivity contribution in [2.24, 2.45) is 4.99 Å². The highest BCUT2D eigenvalue weighted by Gasteiger charge is 2.25. The van der Waals surface area contributed by atoms with Crippen LogP contribution in [-0.2, 0) is 4.79 Å². The van der Waals surface area contributed by atoms with Gasteiger partial charge < -0.3 is 5.11 Å². The van der Waals surface area contributed by atoms with Crippen molar-refractivity contribution in [2.75, 3.05) is 5.43 Å². The van der Waals surface area contributed by atoms with Gasteiger partial charge in [0.15, 0.2) is 3.95 Å². The summed E-state index contributed by atoms with van der Waals surface area (Å²) in [7, 11) is 0. The van der Waals surface area contributed by atoms with Crippen molar-refractivity contribution < 1.29 is 9.90 Å². The molecule has 1 aliphatic heterocycles. The molecule has 1 aliphatic rings. The van der Waals surface area contributed by atoms with E-state index in [1.807, 2.05) is 42.5 Å². The Hall–Kier alpha value is -2.88. The number of anilines is 1. The van der Waals surface area contributed by atoms with Crippen LogP contribution in [0.25, 0.3) is 15.8 Å². The van der Waals surface area contributed by atoms with Gasteiger partial charge in [-0.3, -0.25) is 10.2 Å². The number of amides is 1. The smallest absolute Gasteiger partial charge is 0.279 e. The number of carbonyl (C=O) groups is 1. The zero-order chi connectivity index (χ0) is 18.5. The van der Waals surface area contributed by atoms with Gasteiger partial charge in [0.25, 0.3) is 5.91 Å². The minimum atomic E-state index is -0.380. The first-order chi connectivity index (χ1) is 13.1. The van der Waals surface area contributed by atoms with E-state index in [1.165, 1.54) is 16.0 Å². The summed E-state index contributed by atoms with van der Waals surface area (Å²) in [6, 6.07) is 15.0. The van der Waals surface area contributed by atoms with E-state index in [1.54, 1.807) is 6.07 Å². The Morgan fingerprint density at radius 2 is 1.85 bits per heavy atom. The average Bonchev–Trinajstić information content (AvgIpc) is 3.30. The number of hydrogen-bond acceptors (Lipinski definition) is 7. The molecule has 4 aromatic rings. The number of nitrogens with one attached hydrogen (secondary N) is 1. The number of nitrogens with zero attached hydrogens (tertiary/aromatic N) is 3. The number of hydrogen-bond donors (Lipinski definition) is 2. The third-order valence-electron chi connectivity index (χ3n) is 4.12. The number of thiazole rings is 2. The second-order valence-electron chi connectivity index (χ2n) is 5.76. The number of aromatic hydroxyl groups is 1. The van der Waals surface area contributed by atoms with Crippen LogP contribution in [0, 0.1) is 3.95 Å². The first-order valence-electron chi connectivity index (χ1n) is 7.92. The molecule has 0 saturated carbocycles. The van der Waals surface area contributed by atoms with Crippen LogP contribution in [0.3, 0.4) is 0 Å². The molecule has 2 aromatic heterocycles. The number of aromatic nitrogens is 2. The Balaban J connectivity index is 1.63. The first-order valence-corrected chi connectivity index (χ1v) is 9.96. The SMILES string of the molecule is O=C1N=c2ccccc2=C1c1sc(=S)n(Nc2nc3ccccc3s2)c1O. The van der Waals surface area contributed by atoms with Crippen molar-refractivity contribution in [3.05, 3.63) is 67.9 Å². The second-order valence-corrected chi connectivity index (χ2v) is 8.44. The summed E-state index contributed by atoms with van der Waals surface area (Å²) in [4.78, 5) is 21.3. The third-order valence-corrected chi connectivity index (χ3v) is 6.45. The van der Waals surface area contributed by atoms with Gasteiger partial charge in [0.05, 0.1) is 21.1 Å². The summed E-state index contributed by atoms with van der Waals surface area (Å²) in [6.07, 6.45) is 0. The lowest BCUT2D eigenvalue weighted by molar-refractivity contribution is -0.112. The highest BCUT2D eigenvalue weighted by molar-refractivity contribution is 7.73. The Bertz CT molecular complexity index is 1380. The van der Waals surface area contributed by atoms with E-state index in [-0.39, 0.29) is 11.8 Å². The molecular formula is C18H10N4O2S3. The fourth-order valence-corrected chi connectivity index (χ4v) is 5.04. The summed E-state index contributed by atoms with van der Waals surface area (Å²) in [5.74, 6) is -0.505. The Morgan fingerprint density at radius 3 is 2.70 bits per heavy atom. The highest BCUT2D eigenvalue weighted by atomic mass is 32.1. The fraction of sp³-hybridized carbons (Fsp3) is 0. The minimum Gasteiger partial charge on any atom is -0.492 e. The molecule has 6 nitrogen and oxygen atoms in total. The molecule has 0 aliphatic carbocycles. The van der Waals surface area contributed by atoms with E-state index in [0.29, 0.717) is 30.1 Å². The molecule has 0 atom stereocenters. The summed E-state index contributed by atoms with van der Waals surface area (Å²) >= 11 is 8.00. The van der Waals surface area contributed by atoms with Crippen LogP contribution in [0.4, 0.5) is 5.13 Å². The van der Waals surface area contributed by atoms with Gasteiger partial charge in [0, 0.05) is 5.22 Å². The molecule has 5 rings (SSSR count). The molecule has 27 heavy (non-hydrogen) atoms. The maximum absolute atomic E-state index is 12.4. The topological polar surface area (TPSA) is 79.5 Å². The molecule has 132 valence electrons. The second kappa shape index (κ2) is 6.08. The number of benzene rings is 2. The first kappa shape index (κ1) is 16.3. The van der Waals surface area contributed by atoms with Gasteiger partial charge in [-0.15, -0.1) is 0 Å². The lowest BCUT2D eigenvalue weighted by Gasteiger charge is -2.05. The molecule has 0 radical (unpaired) electrons. The molecule has 0 unspecified atom stereocenters. The Kier molecular flexibility index (Phi) is 3.67. The van der Waals surface area contributed by atoms with Gasteiger partial charge >= 0.3 is 0 Å². The lowest BCUT2D eigenvalue weighted by atomic mass is 10.1. The summed E-state index contributed by atoms with van der Waals surface area (Å²) in [5, 5.41) is 12.6. The third kappa shape index (κ3) is 2.59. The van der Waals surface area contributed by atoms with Crippen LogP contribution in [0.15, 0.2) is 53.5 Å². The van der Waals surface area contributed by atoms with Crippen LogP contribution in [-0.4, -0.2) is 20.7 Å². The normalized spacial score (nSPS) is 13.0. The van der Waals surface area contributed by atoms with Crippen molar-refractivity contribution in [1.82, 2.24) is 9.66 Å². The van der Waals surface area contributed by atoms with Gasteiger partial charge in [-0.05, 0) is 30.4 Å². The molecule has 0 spiro atoms. The van der Waals surface area contributed by atoms with Crippen molar-refractivity contribution in [3.63, 3.8) is 0 Å². The quantitative estimate of drug-likeness (QED) is 0.508. The van der Waals surface area contributed by atoms with E-state index in [9.17, 15) is 9.90 Å². The van der Waals surface area contributed by atoms with E-state index in [4.69, 9.17) is 12.2 Å². The van der Waals surface area contributed by atoms with Crippen molar-refractivity contribution >= 4 is 61.7 Å². The van der Waals surface area contributed by atoms with Gasteiger partial charge in [-0.2, -0.15) is 4.68 Å². The van der Waals surface area contributed by atoms with E-state index in [0.717, 1.165) is 21.6 Å². The average molecular weight is 411 g/mol. The Labute approximate surface area is 165 Å².